The fourth-order valence-corrected chi connectivity index (χ4v) is 2.08. The van der Waals surface area contributed by atoms with Gasteiger partial charge < -0.3 is 15.0 Å². The molecule has 0 heterocycles. The summed E-state index contributed by atoms with van der Waals surface area (Å²) in [4.78, 5) is 13.9. The number of para-hydroxylation sites is 3. The van der Waals surface area contributed by atoms with Gasteiger partial charge in [0.2, 0.25) is 0 Å². The topological polar surface area (TPSA) is 41.6 Å². The number of carbonyl (C=O) groups is 1. The van der Waals surface area contributed by atoms with Crippen molar-refractivity contribution in [1.82, 2.24) is 0 Å². The predicted octanol–water partition coefficient (Wildman–Crippen LogP) is 3.80. The molecule has 0 saturated carbocycles. The second-order valence-corrected chi connectivity index (χ2v) is 5.85. The number of benzene rings is 2. The Kier molecular flexibility index (Phi) is 6.03. The molecule has 4 nitrogen and oxygen atoms in total. The summed E-state index contributed by atoms with van der Waals surface area (Å²) in [5.41, 5.74) is 1.77. The van der Waals surface area contributed by atoms with Gasteiger partial charge in [-0.25, -0.2) is 0 Å². The monoisotopic (exact) mass is 312 g/mol. The van der Waals surface area contributed by atoms with Crippen molar-refractivity contribution in [2.75, 3.05) is 30.4 Å². The van der Waals surface area contributed by atoms with Gasteiger partial charge in [-0.3, -0.25) is 4.79 Å². The van der Waals surface area contributed by atoms with Gasteiger partial charge in [-0.2, -0.15) is 0 Å². The molecule has 23 heavy (non-hydrogen) atoms. The van der Waals surface area contributed by atoms with E-state index in [1.807, 2.05) is 54.6 Å². The predicted molar refractivity (Wildman–Crippen MR) is 95.1 cm³/mol. The fourth-order valence-electron chi connectivity index (χ4n) is 2.08. The SMILES string of the molecule is CC(C)CNc1ccccc1OCC(=O)N(C)c1ccccc1. The third-order valence-electron chi connectivity index (χ3n) is 3.46. The first-order valence-electron chi connectivity index (χ1n) is 7.85. The van der Waals surface area contributed by atoms with Crippen LogP contribution in [0, 0.1) is 5.92 Å². The van der Waals surface area contributed by atoms with Crippen LogP contribution in [0.3, 0.4) is 0 Å². The molecule has 2 aromatic carbocycles. The van der Waals surface area contributed by atoms with E-state index in [2.05, 4.69) is 19.2 Å². The molecule has 0 bridgehead atoms. The fraction of sp³-hybridized carbons (Fsp3) is 0.316. The minimum absolute atomic E-state index is 0.00572. The van der Waals surface area contributed by atoms with E-state index in [1.165, 1.54) is 0 Å². The molecule has 4 heteroatoms. The van der Waals surface area contributed by atoms with Gasteiger partial charge in [-0.05, 0) is 30.2 Å². The Balaban J connectivity index is 1.96. The summed E-state index contributed by atoms with van der Waals surface area (Å²) in [6, 6.07) is 17.2. The molecular formula is C19H24N2O2. The lowest BCUT2D eigenvalue weighted by atomic mass is 10.2. The van der Waals surface area contributed by atoms with Gasteiger partial charge in [0.15, 0.2) is 6.61 Å². The zero-order valence-electron chi connectivity index (χ0n) is 14.0. The number of nitrogens with one attached hydrogen (secondary N) is 1. The van der Waals surface area contributed by atoms with Gasteiger partial charge in [0.25, 0.3) is 5.91 Å². The Morgan fingerprint density at radius 3 is 2.43 bits per heavy atom. The summed E-state index contributed by atoms with van der Waals surface area (Å²) in [6.07, 6.45) is 0. The van der Waals surface area contributed by atoms with Crippen LogP contribution in [0.15, 0.2) is 54.6 Å². The van der Waals surface area contributed by atoms with Crippen LogP contribution in [-0.4, -0.2) is 26.1 Å². The lowest BCUT2D eigenvalue weighted by molar-refractivity contribution is -0.120. The van der Waals surface area contributed by atoms with Crippen LogP contribution in [0.25, 0.3) is 0 Å². The van der Waals surface area contributed by atoms with E-state index in [9.17, 15) is 4.79 Å². The van der Waals surface area contributed by atoms with E-state index in [-0.39, 0.29) is 12.5 Å². The minimum atomic E-state index is -0.0881. The maximum absolute atomic E-state index is 12.3. The Hall–Kier alpha value is -2.49. The van der Waals surface area contributed by atoms with Crippen LogP contribution >= 0.6 is 0 Å². The normalized spacial score (nSPS) is 10.4. The lowest BCUT2D eigenvalue weighted by Gasteiger charge is -2.19. The molecule has 0 aliphatic heterocycles. The van der Waals surface area contributed by atoms with Gasteiger partial charge in [-0.15, -0.1) is 0 Å². The first-order chi connectivity index (χ1) is 11.1. The summed E-state index contributed by atoms with van der Waals surface area (Å²) in [5, 5.41) is 3.35. The highest BCUT2D eigenvalue weighted by Crippen LogP contribution is 2.24. The van der Waals surface area contributed by atoms with E-state index in [0.717, 1.165) is 17.9 Å². The van der Waals surface area contributed by atoms with Crippen molar-refractivity contribution in [2.24, 2.45) is 5.92 Å². The molecule has 0 aromatic heterocycles. The Morgan fingerprint density at radius 2 is 1.74 bits per heavy atom. The summed E-state index contributed by atoms with van der Waals surface area (Å²) >= 11 is 0. The minimum Gasteiger partial charge on any atom is -0.482 e. The number of likely N-dealkylation sites (N-methyl/N-ethyl adjacent to an activating group) is 1. The molecule has 0 aliphatic rings. The number of anilines is 2. The van der Waals surface area contributed by atoms with Gasteiger partial charge in [0.1, 0.15) is 5.75 Å². The average Bonchev–Trinajstić information content (AvgIpc) is 2.58. The molecule has 0 fully saturated rings. The summed E-state index contributed by atoms with van der Waals surface area (Å²) in [7, 11) is 1.75. The number of rotatable bonds is 7. The van der Waals surface area contributed by atoms with Crippen molar-refractivity contribution in [3.05, 3.63) is 54.6 Å². The van der Waals surface area contributed by atoms with Crippen molar-refractivity contribution in [3.8, 4) is 5.75 Å². The molecule has 2 rings (SSSR count). The lowest BCUT2D eigenvalue weighted by Crippen LogP contribution is -2.31. The van der Waals surface area contributed by atoms with Gasteiger partial charge in [0.05, 0.1) is 5.69 Å². The Morgan fingerprint density at radius 1 is 1.09 bits per heavy atom. The highest BCUT2D eigenvalue weighted by atomic mass is 16.5. The number of ether oxygens (including phenoxy) is 1. The summed E-state index contributed by atoms with van der Waals surface area (Å²) < 4.78 is 5.72. The van der Waals surface area contributed by atoms with E-state index in [4.69, 9.17) is 4.74 Å². The number of carbonyl (C=O) groups excluding carboxylic acids is 1. The molecule has 1 N–H and O–H groups in total. The molecular weight excluding hydrogens is 288 g/mol. The maximum atomic E-state index is 12.3. The number of hydrogen-bond acceptors (Lipinski definition) is 3. The van der Waals surface area contributed by atoms with Crippen molar-refractivity contribution in [1.29, 1.82) is 0 Å². The first kappa shape index (κ1) is 16.9. The third-order valence-corrected chi connectivity index (χ3v) is 3.46. The zero-order chi connectivity index (χ0) is 16.7. The highest BCUT2D eigenvalue weighted by molar-refractivity contribution is 5.93. The largest absolute Gasteiger partial charge is 0.482 e. The summed E-state index contributed by atoms with van der Waals surface area (Å²) in [5.74, 6) is 1.15. The molecule has 1 amide bonds. The van der Waals surface area contributed by atoms with E-state index >= 15 is 0 Å². The maximum Gasteiger partial charge on any atom is 0.264 e. The molecule has 2 aromatic rings. The van der Waals surface area contributed by atoms with Gasteiger partial charge >= 0.3 is 0 Å². The van der Waals surface area contributed by atoms with Gasteiger partial charge in [0, 0.05) is 19.3 Å². The van der Waals surface area contributed by atoms with Crippen molar-refractivity contribution in [2.45, 2.75) is 13.8 Å². The second-order valence-electron chi connectivity index (χ2n) is 5.85. The van der Waals surface area contributed by atoms with Crippen LogP contribution in [0.1, 0.15) is 13.8 Å². The van der Waals surface area contributed by atoms with E-state index < -0.39 is 0 Å². The quantitative estimate of drug-likeness (QED) is 0.845. The number of hydrogen-bond donors (Lipinski definition) is 1. The molecule has 0 unspecified atom stereocenters. The van der Waals surface area contributed by atoms with Crippen LogP contribution in [-0.2, 0) is 4.79 Å². The number of amides is 1. The van der Waals surface area contributed by atoms with Crippen LogP contribution in [0.2, 0.25) is 0 Å². The molecule has 0 atom stereocenters. The van der Waals surface area contributed by atoms with Crippen LogP contribution < -0.4 is 15.0 Å². The standard InChI is InChI=1S/C19H24N2O2/c1-15(2)13-20-17-11-7-8-12-18(17)23-14-19(22)21(3)16-9-5-4-6-10-16/h4-12,15,20H,13-14H2,1-3H3. The van der Waals surface area contributed by atoms with Crippen molar-refractivity contribution in [3.63, 3.8) is 0 Å². The van der Waals surface area contributed by atoms with Crippen molar-refractivity contribution < 1.29 is 9.53 Å². The van der Waals surface area contributed by atoms with Crippen LogP contribution in [0.4, 0.5) is 11.4 Å². The highest BCUT2D eigenvalue weighted by Gasteiger charge is 2.12. The van der Waals surface area contributed by atoms with Crippen molar-refractivity contribution >= 4 is 17.3 Å². The second kappa shape index (κ2) is 8.22. The zero-order valence-corrected chi connectivity index (χ0v) is 14.0. The Bertz CT molecular complexity index is 626. The van der Waals surface area contributed by atoms with E-state index in [1.54, 1.807) is 11.9 Å². The van der Waals surface area contributed by atoms with E-state index in [0.29, 0.717) is 11.7 Å². The Labute approximate surface area is 138 Å². The van der Waals surface area contributed by atoms with Gasteiger partial charge in [-0.1, -0.05) is 44.2 Å². The molecule has 0 aliphatic carbocycles. The smallest absolute Gasteiger partial charge is 0.264 e. The average molecular weight is 312 g/mol. The van der Waals surface area contributed by atoms with Crippen LogP contribution in [0.5, 0.6) is 5.75 Å². The molecule has 0 radical (unpaired) electrons. The summed E-state index contributed by atoms with van der Waals surface area (Å²) in [6.45, 7) is 5.16. The molecule has 0 saturated heterocycles. The number of nitrogens with zero attached hydrogens (tertiary/aromatic N) is 1. The first-order valence-corrected chi connectivity index (χ1v) is 7.85. The molecule has 122 valence electrons. The molecule has 0 spiro atoms. The third kappa shape index (κ3) is 5.02.